The van der Waals surface area contributed by atoms with E-state index in [1.807, 2.05) is 6.92 Å². The highest BCUT2D eigenvalue weighted by atomic mass is 16.5. The van der Waals surface area contributed by atoms with Gasteiger partial charge in [0.2, 0.25) is 0 Å². The highest BCUT2D eigenvalue weighted by molar-refractivity contribution is 5.92. The first-order valence-electron chi connectivity index (χ1n) is 18.8. The number of aliphatic hydroxyl groups excluding tert-OH is 1. The fourth-order valence-corrected chi connectivity index (χ4v) is 11.9. The second-order valence-electron chi connectivity index (χ2n) is 16.1. The molecule has 0 spiro atoms. The van der Waals surface area contributed by atoms with Crippen molar-refractivity contribution < 1.29 is 24.2 Å². The van der Waals surface area contributed by atoms with Crippen molar-refractivity contribution in [3.05, 3.63) is 76.1 Å². The Hall–Kier alpha value is -3.92. The van der Waals surface area contributed by atoms with Gasteiger partial charge < -0.3 is 24.5 Å². The number of nitrogens with one attached hydrogen (secondary N) is 2. The minimum Gasteiger partial charge on any atom is -0.496 e. The second-order valence-corrected chi connectivity index (χ2v) is 16.1. The van der Waals surface area contributed by atoms with E-state index in [2.05, 4.69) is 69.3 Å². The van der Waals surface area contributed by atoms with Gasteiger partial charge in [-0.05, 0) is 88.2 Å². The number of hydrogen-bond acceptors (Lipinski definition) is 7. The van der Waals surface area contributed by atoms with E-state index in [-0.39, 0.29) is 48.3 Å². The Balaban J connectivity index is 1.30. The van der Waals surface area contributed by atoms with E-state index in [1.54, 1.807) is 14.0 Å². The van der Waals surface area contributed by atoms with Crippen LogP contribution in [0.5, 0.6) is 5.75 Å². The van der Waals surface area contributed by atoms with Crippen LogP contribution >= 0.6 is 0 Å². The first kappa shape index (κ1) is 33.0. The number of methoxy groups -OCH3 is 2. The van der Waals surface area contributed by atoms with Crippen LogP contribution in [-0.4, -0.2) is 96.2 Å². The van der Waals surface area contributed by atoms with Gasteiger partial charge in [0.1, 0.15) is 16.9 Å². The molecule has 6 aliphatic rings. The molecule has 4 aliphatic heterocycles. The molecule has 51 heavy (non-hydrogen) atoms. The highest BCUT2D eigenvalue weighted by Gasteiger charge is 2.59. The number of nitrogens with zero attached hydrogens (tertiary/aromatic N) is 2. The first-order valence-corrected chi connectivity index (χ1v) is 18.8. The normalized spacial score (nSPS) is 33.7. The zero-order chi connectivity index (χ0) is 35.3. The van der Waals surface area contributed by atoms with Crippen molar-refractivity contribution in [3.8, 4) is 5.75 Å². The molecule has 2 unspecified atom stereocenters. The Kier molecular flexibility index (Phi) is 7.80. The van der Waals surface area contributed by atoms with Crippen LogP contribution in [0.2, 0.25) is 0 Å². The molecule has 3 saturated heterocycles. The van der Waals surface area contributed by atoms with Crippen LogP contribution in [-0.2, 0) is 27.2 Å². The molecule has 2 aliphatic carbocycles. The second kappa shape index (κ2) is 12.1. The minimum absolute atomic E-state index is 0.0786. The molecular formula is C42H50N4O5. The Bertz CT molecular complexity index is 2090. The number of likely N-dealkylation sites (tertiary alicyclic amines) is 1. The summed E-state index contributed by atoms with van der Waals surface area (Å²) in [5.41, 5.74) is 8.19. The van der Waals surface area contributed by atoms with Gasteiger partial charge in [0, 0.05) is 88.6 Å². The molecule has 1 saturated carbocycles. The van der Waals surface area contributed by atoms with Crippen molar-refractivity contribution in [2.45, 2.75) is 69.9 Å². The van der Waals surface area contributed by atoms with Crippen LogP contribution in [0, 0.1) is 23.2 Å². The number of hydrogen-bond donors (Lipinski definition) is 3. The van der Waals surface area contributed by atoms with E-state index in [0.717, 1.165) is 71.4 Å². The Morgan fingerprint density at radius 2 is 1.86 bits per heavy atom. The summed E-state index contributed by atoms with van der Waals surface area (Å²) in [5, 5.41) is 13.8. The molecule has 4 aromatic rings. The number of aromatic nitrogens is 2. The number of fused-ring (bicyclic) bond motifs is 9. The smallest absolute Gasteiger partial charge is 0.316 e. The number of aliphatic hydroxyl groups is 1. The maximum atomic E-state index is 14.2. The molecule has 10 rings (SSSR count). The van der Waals surface area contributed by atoms with E-state index >= 15 is 0 Å². The number of para-hydroxylation sites is 1. The number of ether oxygens (including phenoxy) is 2. The van der Waals surface area contributed by atoms with Crippen molar-refractivity contribution in [2.75, 3.05) is 47.5 Å². The van der Waals surface area contributed by atoms with Gasteiger partial charge in [-0.3, -0.25) is 19.4 Å². The van der Waals surface area contributed by atoms with Crippen molar-refractivity contribution in [1.29, 1.82) is 0 Å². The molecule has 0 radical (unpaired) electrons. The van der Waals surface area contributed by atoms with Crippen LogP contribution in [0.15, 0.2) is 48.0 Å². The summed E-state index contributed by atoms with van der Waals surface area (Å²) >= 11 is 0. The monoisotopic (exact) mass is 690 g/mol. The number of carbonyl (C=O) groups is 2. The summed E-state index contributed by atoms with van der Waals surface area (Å²) in [6.07, 6.45) is 6.36. The largest absolute Gasteiger partial charge is 0.496 e. The summed E-state index contributed by atoms with van der Waals surface area (Å²) in [7, 11) is 5.26. The fourth-order valence-electron chi connectivity index (χ4n) is 11.9. The predicted octanol–water partition coefficient (Wildman–Crippen LogP) is 5.70. The number of H-pyrrole nitrogens is 2. The summed E-state index contributed by atoms with van der Waals surface area (Å²) in [5.74, 6) is 1.20. The van der Waals surface area contributed by atoms with Gasteiger partial charge >= 0.3 is 5.97 Å². The lowest BCUT2D eigenvalue weighted by Gasteiger charge is -2.53. The van der Waals surface area contributed by atoms with Crippen LogP contribution in [0.3, 0.4) is 0 Å². The zero-order valence-electron chi connectivity index (χ0n) is 30.4. The molecule has 3 N–H and O–H groups in total. The number of Topliss-reactive ketones (excluding diaryl/α,β-unsaturated/α-hetero) is 1. The standard InChI is InChI=1S/C42H50N4O5/c1-6-24-20-45(3)35-18-29-25-9-7-8-10-33(25)43-38(29)30(17-32(24)42(35,21-47)41(49)51-5)36-34(50-4)12-11-26-27-13-14-46-19-23-15-28(22(2)48)40(46)31(16-23)37(27)44-39(26)36/h6-12,23,28,30-32,35,40,43-44,47H,13-21H2,1-5H3/b24-6-/t23-,28-,30+,31+,32+,35+,40+,42?/m1/s1. The number of esters is 1. The molecule has 9 nitrogen and oxygen atoms in total. The molecule has 268 valence electrons. The third-order valence-corrected chi connectivity index (χ3v) is 14.0. The number of ketones is 1. The molecule has 9 heteroatoms. The minimum atomic E-state index is -1.15. The summed E-state index contributed by atoms with van der Waals surface area (Å²) < 4.78 is 11.9. The average molecular weight is 691 g/mol. The average Bonchev–Trinajstić information content (AvgIpc) is 3.67. The number of carbonyl (C=O) groups excluding carboxylic acids is 2. The number of allylic oxidation sites excluding steroid dienone is 1. The Morgan fingerprint density at radius 3 is 2.61 bits per heavy atom. The van der Waals surface area contributed by atoms with Gasteiger partial charge in [0.15, 0.2) is 0 Å². The van der Waals surface area contributed by atoms with Crippen LogP contribution in [0.1, 0.15) is 73.0 Å². The SMILES string of the molecule is C/C=C1/CN(C)[C@H]2Cc3c([nH]c4ccccc34)[C@H](c3c(OC)ccc4c5c([nH]c34)[C@@H]3C[C@H]4C[C@H](C(C)=O)[C@@H]3N(CC5)C4)C[C@@H]1C2(CO)C(=O)OC. The predicted molar refractivity (Wildman–Crippen MR) is 197 cm³/mol. The van der Waals surface area contributed by atoms with Gasteiger partial charge in [-0.1, -0.05) is 29.8 Å². The quantitative estimate of drug-likeness (QED) is 0.182. The number of likely N-dealkylation sites (N-methyl/N-ethyl adjacent to an activating group) is 1. The van der Waals surface area contributed by atoms with Crippen LogP contribution in [0.4, 0.5) is 0 Å². The molecule has 6 heterocycles. The van der Waals surface area contributed by atoms with Crippen molar-refractivity contribution >= 4 is 33.6 Å². The topological polar surface area (TPSA) is 111 Å². The lowest BCUT2D eigenvalue weighted by atomic mass is 9.58. The first-order chi connectivity index (χ1) is 24.7. The molecular weight excluding hydrogens is 640 g/mol. The lowest BCUT2D eigenvalue weighted by molar-refractivity contribution is -0.169. The van der Waals surface area contributed by atoms with Gasteiger partial charge in [0.05, 0.1) is 26.3 Å². The zero-order valence-corrected chi connectivity index (χ0v) is 30.4. The van der Waals surface area contributed by atoms with E-state index in [4.69, 9.17) is 9.47 Å². The van der Waals surface area contributed by atoms with E-state index in [9.17, 15) is 14.7 Å². The van der Waals surface area contributed by atoms with E-state index in [0.29, 0.717) is 31.1 Å². The molecule has 9 atom stereocenters. The van der Waals surface area contributed by atoms with Gasteiger partial charge in [-0.2, -0.15) is 0 Å². The summed E-state index contributed by atoms with van der Waals surface area (Å²) in [4.78, 5) is 40.0. The third-order valence-electron chi connectivity index (χ3n) is 14.0. The number of piperidine rings is 3. The molecule has 0 amide bonds. The van der Waals surface area contributed by atoms with Crippen molar-refractivity contribution in [2.24, 2.45) is 23.2 Å². The maximum Gasteiger partial charge on any atom is 0.316 e. The molecule has 2 aromatic heterocycles. The van der Waals surface area contributed by atoms with Crippen molar-refractivity contribution in [1.82, 2.24) is 19.8 Å². The van der Waals surface area contributed by atoms with Gasteiger partial charge in [-0.15, -0.1) is 0 Å². The summed E-state index contributed by atoms with van der Waals surface area (Å²) in [6, 6.07) is 12.8. The summed E-state index contributed by atoms with van der Waals surface area (Å²) in [6.45, 7) is 6.28. The van der Waals surface area contributed by atoms with Gasteiger partial charge in [-0.25, -0.2) is 0 Å². The lowest BCUT2D eigenvalue weighted by Crippen LogP contribution is -2.63. The third kappa shape index (κ3) is 4.56. The van der Waals surface area contributed by atoms with Crippen LogP contribution in [0.25, 0.3) is 21.8 Å². The molecule has 2 aromatic carbocycles. The fraction of sp³-hybridized carbons (Fsp3) is 0.524. The van der Waals surface area contributed by atoms with Gasteiger partial charge in [0.25, 0.3) is 0 Å². The van der Waals surface area contributed by atoms with Crippen LogP contribution < -0.4 is 4.74 Å². The van der Waals surface area contributed by atoms with E-state index < -0.39 is 5.41 Å². The Labute approximate surface area is 299 Å². The molecule has 4 fully saturated rings. The maximum absolute atomic E-state index is 14.2. The number of aromatic amines is 2. The van der Waals surface area contributed by atoms with Crippen molar-refractivity contribution in [3.63, 3.8) is 0 Å². The number of benzene rings is 2. The Morgan fingerprint density at radius 1 is 1.04 bits per heavy atom. The highest BCUT2D eigenvalue weighted by Crippen LogP contribution is 2.56. The van der Waals surface area contributed by atoms with E-state index in [1.165, 1.54) is 29.3 Å². The molecule has 6 bridgehead atoms. The number of rotatable bonds is 5.